The first-order valence-electron chi connectivity index (χ1n) is 6.82. The van der Waals surface area contributed by atoms with Crippen molar-refractivity contribution in [2.75, 3.05) is 30.5 Å². The Morgan fingerprint density at radius 2 is 2.36 bits per heavy atom. The summed E-state index contributed by atoms with van der Waals surface area (Å²) >= 11 is 1.78. The number of anilines is 1. The summed E-state index contributed by atoms with van der Waals surface area (Å²) in [5.41, 5.74) is 0.174. The predicted octanol–water partition coefficient (Wildman–Crippen LogP) is 2.33. The average molecular weight is 332 g/mol. The number of hydrogen-bond donors (Lipinski definition) is 2. The van der Waals surface area contributed by atoms with E-state index in [1.165, 1.54) is 25.3 Å². The van der Waals surface area contributed by atoms with Gasteiger partial charge in [0.25, 0.3) is 0 Å². The summed E-state index contributed by atoms with van der Waals surface area (Å²) in [6.07, 6.45) is 0.276. The molecule has 1 heterocycles. The first-order chi connectivity index (χ1) is 10.6. The van der Waals surface area contributed by atoms with Crippen LogP contribution >= 0.6 is 11.8 Å². The van der Waals surface area contributed by atoms with Gasteiger partial charge in [0.05, 0.1) is 12.8 Å². The predicted molar refractivity (Wildman–Crippen MR) is 82.0 cm³/mol. The number of halogens is 2. The highest BCUT2D eigenvalue weighted by atomic mass is 32.2. The first-order valence-corrected chi connectivity index (χ1v) is 7.98. The van der Waals surface area contributed by atoms with Crippen LogP contribution in [0.2, 0.25) is 0 Å². The number of thioether (sulfide) groups is 1. The van der Waals surface area contributed by atoms with Crippen LogP contribution < -0.4 is 20.1 Å². The summed E-state index contributed by atoms with van der Waals surface area (Å²) in [4.78, 5) is 12.1. The maximum atomic E-state index is 12.4. The minimum absolute atomic E-state index is 0.0869. The lowest BCUT2D eigenvalue weighted by atomic mass is 10.2. The lowest BCUT2D eigenvalue weighted by Gasteiger charge is -2.22. The highest BCUT2D eigenvalue weighted by Crippen LogP contribution is 2.30. The molecule has 122 valence electrons. The third-order valence-electron chi connectivity index (χ3n) is 3.11. The van der Waals surface area contributed by atoms with E-state index < -0.39 is 6.61 Å². The van der Waals surface area contributed by atoms with Crippen molar-refractivity contribution in [2.45, 2.75) is 19.1 Å². The van der Waals surface area contributed by atoms with Crippen LogP contribution in [0.3, 0.4) is 0 Å². The number of nitrogens with one attached hydrogen (secondary N) is 2. The normalized spacial score (nSPS) is 18.1. The quantitative estimate of drug-likeness (QED) is 0.837. The molecule has 1 unspecified atom stereocenters. The zero-order chi connectivity index (χ0) is 15.9. The number of carbonyl (C=O) groups excluding carboxylic acids is 1. The Bertz CT molecular complexity index is 511. The monoisotopic (exact) mass is 332 g/mol. The molecule has 2 rings (SSSR count). The molecule has 1 saturated heterocycles. The van der Waals surface area contributed by atoms with Gasteiger partial charge < -0.3 is 20.1 Å². The molecule has 1 aliphatic heterocycles. The van der Waals surface area contributed by atoms with E-state index in [4.69, 9.17) is 4.74 Å². The van der Waals surface area contributed by atoms with Crippen molar-refractivity contribution in [3.63, 3.8) is 0 Å². The number of methoxy groups -OCH3 is 1. The molecular formula is C14H18F2N2O3S. The van der Waals surface area contributed by atoms with Crippen LogP contribution in [0.5, 0.6) is 11.5 Å². The molecule has 1 aromatic rings. The highest BCUT2D eigenvalue weighted by Gasteiger charge is 2.18. The van der Waals surface area contributed by atoms with E-state index in [-0.39, 0.29) is 29.8 Å². The molecular weight excluding hydrogens is 314 g/mol. The third kappa shape index (κ3) is 5.03. The molecule has 0 radical (unpaired) electrons. The zero-order valence-electron chi connectivity index (χ0n) is 12.1. The fraction of sp³-hybridized carbons (Fsp3) is 0.500. The van der Waals surface area contributed by atoms with Gasteiger partial charge in [-0.25, -0.2) is 0 Å². The van der Waals surface area contributed by atoms with Crippen LogP contribution in [0.25, 0.3) is 0 Å². The van der Waals surface area contributed by atoms with Crippen molar-refractivity contribution >= 4 is 23.4 Å². The van der Waals surface area contributed by atoms with Crippen LogP contribution in [0.4, 0.5) is 14.5 Å². The van der Waals surface area contributed by atoms with E-state index in [1.807, 2.05) is 0 Å². The van der Waals surface area contributed by atoms with Crippen molar-refractivity contribution < 1.29 is 23.0 Å². The van der Waals surface area contributed by atoms with Crippen molar-refractivity contribution in [2.24, 2.45) is 0 Å². The van der Waals surface area contributed by atoms with Gasteiger partial charge in [-0.05, 0) is 12.1 Å². The molecule has 2 N–H and O–H groups in total. The number of hydrogen-bond acceptors (Lipinski definition) is 5. The Morgan fingerprint density at radius 1 is 1.55 bits per heavy atom. The summed E-state index contributed by atoms with van der Waals surface area (Å²) in [5, 5.41) is 5.86. The molecule has 1 aliphatic rings. The fourth-order valence-corrected chi connectivity index (χ4v) is 3.06. The van der Waals surface area contributed by atoms with Gasteiger partial charge in [-0.15, -0.1) is 0 Å². The van der Waals surface area contributed by atoms with Gasteiger partial charge >= 0.3 is 6.61 Å². The van der Waals surface area contributed by atoms with Gasteiger partial charge in [0, 0.05) is 36.6 Å². The molecule has 5 nitrogen and oxygen atoms in total. The van der Waals surface area contributed by atoms with Crippen molar-refractivity contribution in [3.8, 4) is 11.5 Å². The van der Waals surface area contributed by atoms with Crippen LogP contribution in [0, 0.1) is 0 Å². The summed E-state index contributed by atoms with van der Waals surface area (Å²) < 4.78 is 34.3. The van der Waals surface area contributed by atoms with E-state index in [0.29, 0.717) is 5.75 Å². The molecule has 8 heteroatoms. The van der Waals surface area contributed by atoms with Crippen LogP contribution in [0.15, 0.2) is 18.2 Å². The topological polar surface area (TPSA) is 59.6 Å². The molecule has 0 saturated carbocycles. The standard InChI is InChI=1S/C14H18F2N2O3S/c1-20-10-2-3-12(21-14(15)16)11(7-10)18-13(19)6-9-8-22-5-4-17-9/h2-3,7,9,14,17H,4-6,8H2,1H3,(H,18,19). The second kappa shape index (κ2) is 8.19. The maximum absolute atomic E-state index is 12.4. The average Bonchev–Trinajstić information content (AvgIpc) is 2.49. The highest BCUT2D eigenvalue weighted by molar-refractivity contribution is 7.99. The van der Waals surface area contributed by atoms with Crippen molar-refractivity contribution in [1.82, 2.24) is 5.32 Å². The second-order valence-corrected chi connectivity index (χ2v) is 5.87. The molecule has 0 bridgehead atoms. The smallest absolute Gasteiger partial charge is 0.387 e. The lowest BCUT2D eigenvalue weighted by molar-refractivity contribution is -0.116. The second-order valence-electron chi connectivity index (χ2n) is 4.72. The van der Waals surface area contributed by atoms with Gasteiger partial charge in [0.1, 0.15) is 11.5 Å². The third-order valence-corrected chi connectivity index (χ3v) is 4.24. The Hall–Kier alpha value is -1.54. The van der Waals surface area contributed by atoms with E-state index in [1.54, 1.807) is 11.8 Å². The summed E-state index contributed by atoms with van der Waals surface area (Å²) in [5.74, 6) is 1.98. The molecule has 0 aromatic heterocycles. The van der Waals surface area contributed by atoms with Gasteiger partial charge in [-0.1, -0.05) is 0 Å². The van der Waals surface area contributed by atoms with Crippen LogP contribution in [-0.4, -0.2) is 43.7 Å². The molecule has 0 aliphatic carbocycles. The number of alkyl halides is 2. The van der Waals surface area contributed by atoms with E-state index in [0.717, 1.165) is 18.1 Å². The minimum Gasteiger partial charge on any atom is -0.497 e. The van der Waals surface area contributed by atoms with Crippen LogP contribution in [0.1, 0.15) is 6.42 Å². The number of carbonyl (C=O) groups is 1. The van der Waals surface area contributed by atoms with Gasteiger partial charge in [-0.2, -0.15) is 20.5 Å². The Morgan fingerprint density at radius 3 is 3.00 bits per heavy atom. The molecule has 1 fully saturated rings. The molecule has 1 atom stereocenters. The number of ether oxygens (including phenoxy) is 2. The van der Waals surface area contributed by atoms with Gasteiger partial charge in [0.15, 0.2) is 0 Å². The first kappa shape index (κ1) is 16.8. The number of benzene rings is 1. The van der Waals surface area contributed by atoms with Crippen molar-refractivity contribution in [3.05, 3.63) is 18.2 Å². The van der Waals surface area contributed by atoms with Crippen LogP contribution in [-0.2, 0) is 4.79 Å². The van der Waals surface area contributed by atoms with Gasteiger partial charge in [-0.3, -0.25) is 4.79 Å². The van der Waals surface area contributed by atoms with E-state index in [2.05, 4.69) is 15.4 Å². The van der Waals surface area contributed by atoms with Crippen molar-refractivity contribution in [1.29, 1.82) is 0 Å². The summed E-state index contributed by atoms with van der Waals surface area (Å²) in [6.45, 7) is -2.10. The number of amides is 1. The summed E-state index contributed by atoms with van der Waals surface area (Å²) in [7, 11) is 1.46. The van der Waals surface area contributed by atoms with E-state index in [9.17, 15) is 13.6 Å². The molecule has 1 aromatic carbocycles. The zero-order valence-corrected chi connectivity index (χ0v) is 12.9. The van der Waals surface area contributed by atoms with Gasteiger partial charge in [0.2, 0.25) is 5.91 Å². The maximum Gasteiger partial charge on any atom is 0.387 e. The summed E-state index contributed by atoms with van der Waals surface area (Å²) in [6, 6.07) is 4.38. The largest absolute Gasteiger partial charge is 0.497 e. The molecule has 22 heavy (non-hydrogen) atoms. The van der Waals surface area contributed by atoms with E-state index >= 15 is 0 Å². The molecule has 1 amide bonds. The number of rotatable bonds is 6. The molecule has 0 spiro atoms. The SMILES string of the molecule is COc1ccc(OC(F)F)c(NC(=O)CC2CSCCN2)c1. The fourth-order valence-electron chi connectivity index (χ4n) is 2.11. The lowest BCUT2D eigenvalue weighted by Crippen LogP contribution is -2.39. The Labute approximate surface area is 131 Å². The Kier molecular flexibility index (Phi) is 6.26. The Balaban J connectivity index is 2.03. The minimum atomic E-state index is -2.96.